The minimum atomic E-state index is 0.886. The van der Waals surface area contributed by atoms with E-state index in [4.69, 9.17) is 4.42 Å². The van der Waals surface area contributed by atoms with Crippen molar-refractivity contribution >= 4 is 60.8 Å². The van der Waals surface area contributed by atoms with Gasteiger partial charge in [-0.1, -0.05) is 182 Å². The number of para-hydroxylation sites is 6. The molecule has 3 nitrogen and oxygen atoms in total. The quantitative estimate of drug-likeness (QED) is 0.153. The molecule has 0 unspecified atom stereocenters. The summed E-state index contributed by atoms with van der Waals surface area (Å²) in [6.45, 7) is 0. The molecule has 0 amide bonds. The Kier molecular flexibility index (Phi) is 8.83. The Labute approximate surface area is 366 Å². The second-order valence-electron chi connectivity index (χ2n) is 16.1. The molecule has 0 spiro atoms. The Morgan fingerprint density at radius 1 is 0.317 bits per heavy atom. The average molecular weight is 805 g/mol. The first-order valence-corrected chi connectivity index (χ1v) is 21.5. The number of benzene rings is 10. The smallest absolute Gasteiger partial charge is 0.143 e. The molecule has 0 saturated carbocycles. The molecule has 3 heteroatoms. The lowest BCUT2D eigenvalue weighted by atomic mass is 9.97. The zero-order chi connectivity index (χ0) is 41.7. The van der Waals surface area contributed by atoms with Crippen LogP contribution in [0.15, 0.2) is 247 Å². The van der Waals surface area contributed by atoms with Gasteiger partial charge in [-0.15, -0.1) is 0 Å². The van der Waals surface area contributed by atoms with Crippen LogP contribution in [-0.2, 0) is 0 Å². The van der Waals surface area contributed by atoms with E-state index in [0.717, 1.165) is 66.9 Å². The van der Waals surface area contributed by atoms with Crippen LogP contribution in [0.1, 0.15) is 0 Å². The largest absolute Gasteiger partial charge is 0.455 e. The van der Waals surface area contributed by atoms with E-state index in [1.165, 1.54) is 44.1 Å². The van der Waals surface area contributed by atoms with Gasteiger partial charge in [-0.05, 0) is 88.5 Å². The van der Waals surface area contributed by atoms with Crippen molar-refractivity contribution in [3.8, 4) is 50.2 Å². The van der Waals surface area contributed by atoms with E-state index in [0.29, 0.717) is 0 Å². The van der Waals surface area contributed by atoms with E-state index in [1.807, 2.05) is 6.07 Å². The van der Waals surface area contributed by atoms with Crippen molar-refractivity contribution in [1.82, 2.24) is 4.57 Å². The summed E-state index contributed by atoms with van der Waals surface area (Å²) < 4.78 is 9.04. The van der Waals surface area contributed by atoms with Crippen LogP contribution in [0.5, 0.6) is 0 Å². The zero-order valence-electron chi connectivity index (χ0n) is 34.4. The van der Waals surface area contributed by atoms with E-state index in [9.17, 15) is 0 Å². The first kappa shape index (κ1) is 36.5. The number of hydrogen-bond acceptors (Lipinski definition) is 2. The maximum atomic E-state index is 6.63. The molecule has 2 aromatic heterocycles. The van der Waals surface area contributed by atoms with Gasteiger partial charge in [0, 0.05) is 49.6 Å². The molecule has 0 fully saturated rings. The second-order valence-corrected chi connectivity index (χ2v) is 16.1. The van der Waals surface area contributed by atoms with Crippen LogP contribution in [0.3, 0.4) is 0 Å². The fourth-order valence-electron chi connectivity index (χ4n) is 9.48. The number of furan rings is 1. The normalized spacial score (nSPS) is 11.5. The molecule has 296 valence electrons. The van der Waals surface area contributed by atoms with Crippen molar-refractivity contribution in [3.63, 3.8) is 0 Å². The fourth-order valence-corrected chi connectivity index (χ4v) is 9.48. The van der Waals surface area contributed by atoms with Crippen molar-refractivity contribution in [2.45, 2.75) is 0 Å². The minimum absolute atomic E-state index is 0.886. The molecular weight excluding hydrogens is 765 g/mol. The molecule has 0 N–H and O–H groups in total. The molecule has 12 rings (SSSR count). The predicted molar refractivity (Wildman–Crippen MR) is 264 cm³/mol. The zero-order valence-corrected chi connectivity index (χ0v) is 34.4. The van der Waals surface area contributed by atoms with Gasteiger partial charge in [-0.3, -0.25) is 0 Å². The molecule has 2 heterocycles. The monoisotopic (exact) mass is 804 g/mol. The maximum absolute atomic E-state index is 6.63. The Balaban J connectivity index is 0.997. The first-order chi connectivity index (χ1) is 31.3. The summed E-state index contributed by atoms with van der Waals surface area (Å²) in [5, 5.41) is 4.73. The van der Waals surface area contributed by atoms with Crippen molar-refractivity contribution < 1.29 is 4.42 Å². The van der Waals surface area contributed by atoms with Crippen molar-refractivity contribution in [2.75, 3.05) is 4.90 Å². The molecule has 63 heavy (non-hydrogen) atoms. The number of hydrogen-bond donors (Lipinski definition) is 0. The SMILES string of the molecule is c1ccc(-c2cccc(-c3ccc(N(c4ccc(-c5ccccc5-n5c6ccccc6c6ccccc65)cc4)c4ccccc4-c4cccc5c4oc4ccccc45)cc3)c2)cc1. The third-order valence-electron chi connectivity index (χ3n) is 12.4. The average Bonchev–Trinajstić information content (AvgIpc) is 3.91. The van der Waals surface area contributed by atoms with Gasteiger partial charge in [0.2, 0.25) is 0 Å². The highest BCUT2D eigenvalue weighted by molar-refractivity contribution is 6.11. The van der Waals surface area contributed by atoms with Crippen LogP contribution in [0.4, 0.5) is 17.1 Å². The highest BCUT2D eigenvalue weighted by atomic mass is 16.3. The number of aromatic nitrogens is 1. The van der Waals surface area contributed by atoms with Gasteiger partial charge in [0.05, 0.1) is 22.4 Å². The molecular formula is C60H40N2O. The maximum Gasteiger partial charge on any atom is 0.143 e. The van der Waals surface area contributed by atoms with Crippen LogP contribution < -0.4 is 4.90 Å². The fraction of sp³-hybridized carbons (Fsp3) is 0. The summed E-state index contributed by atoms with van der Waals surface area (Å²) >= 11 is 0. The van der Waals surface area contributed by atoms with Crippen LogP contribution in [0, 0.1) is 0 Å². The Bertz CT molecular complexity index is 3560. The molecule has 0 bridgehead atoms. The van der Waals surface area contributed by atoms with Gasteiger partial charge in [0.15, 0.2) is 0 Å². The van der Waals surface area contributed by atoms with Crippen LogP contribution in [0.25, 0.3) is 93.9 Å². The lowest BCUT2D eigenvalue weighted by molar-refractivity contribution is 0.670. The van der Waals surface area contributed by atoms with Gasteiger partial charge in [0.1, 0.15) is 11.2 Å². The Morgan fingerprint density at radius 3 is 1.52 bits per heavy atom. The summed E-state index contributed by atoms with van der Waals surface area (Å²) in [5.74, 6) is 0. The van der Waals surface area contributed by atoms with Gasteiger partial charge in [0.25, 0.3) is 0 Å². The summed E-state index contributed by atoms with van der Waals surface area (Å²) in [4.78, 5) is 2.38. The summed E-state index contributed by atoms with van der Waals surface area (Å²) in [6, 6.07) is 87.0. The number of nitrogens with zero attached hydrogens (tertiary/aromatic N) is 2. The molecule has 10 aromatic carbocycles. The van der Waals surface area contributed by atoms with Gasteiger partial charge >= 0.3 is 0 Å². The third-order valence-corrected chi connectivity index (χ3v) is 12.4. The van der Waals surface area contributed by atoms with E-state index in [1.54, 1.807) is 0 Å². The number of rotatable bonds is 8. The second kappa shape index (κ2) is 15.3. The van der Waals surface area contributed by atoms with Crippen LogP contribution >= 0.6 is 0 Å². The molecule has 0 atom stereocenters. The summed E-state index contributed by atoms with van der Waals surface area (Å²) in [7, 11) is 0. The van der Waals surface area contributed by atoms with E-state index >= 15 is 0 Å². The lowest BCUT2D eigenvalue weighted by Crippen LogP contribution is -2.11. The lowest BCUT2D eigenvalue weighted by Gasteiger charge is -2.28. The highest BCUT2D eigenvalue weighted by Gasteiger charge is 2.21. The van der Waals surface area contributed by atoms with Crippen molar-refractivity contribution in [3.05, 3.63) is 243 Å². The van der Waals surface area contributed by atoms with Crippen molar-refractivity contribution in [1.29, 1.82) is 0 Å². The van der Waals surface area contributed by atoms with E-state index in [2.05, 4.69) is 246 Å². The molecule has 12 aromatic rings. The van der Waals surface area contributed by atoms with Gasteiger partial charge in [-0.25, -0.2) is 0 Å². The highest BCUT2D eigenvalue weighted by Crippen LogP contribution is 2.45. The Hall–Kier alpha value is -8.40. The number of anilines is 3. The van der Waals surface area contributed by atoms with Crippen LogP contribution in [-0.4, -0.2) is 4.57 Å². The molecule has 0 radical (unpaired) electrons. The standard InChI is InChI=1S/C60H40N2O/c1-2-16-41(17-3-1)44-18-14-19-45(40-44)42-32-36-46(37-33-42)61(56-28-10-7-23-51(56)53-25-15-26-54-52-24-8-13-31-59(52)63-60(53)54)47-38-34-43(35-39-47)48-20-4-9-27-55(48)62-57-29-11-5-21-49(57)50-22-6-12-30-58(50)62/h1-40H. The topological polar surface area (TPSA) is 21.3 Å². The molecule has 0 aliphatic carbocycles. The minimum Gasteiger partial charge on any atom is -0.455 e. The summed E-state index contributed by atoms with van der Waals surface area (Å²) in [5.41, 5.74) is 17.7. The van der Waals surface area contributed by atoms with Crippen LogP contribution in [0.2, 0.25) is 0 Å². The van der Waals surface area contributed by atoms with E-state index in [-0.39, 0.29) is 0 Å². The molecule has 0 aliphatic heterocycles. The van der Waals surface area contributed by atoms with Gasteiger partial charge in [-0.2, -0.15) is 0 Å². The third kappa shape index (κ3) is 6.29. The van der Waals surface area contributed by atoms with Crippen molar-refractivity contribution in [2.24, 2.45) is 0 Å². The summed E-state index contributed by atoms with van der Waals surface area (Å²) in [6.07, 6.45) is 0. The predicted octanol–water partition coefficient (Wildman–Crippen LogP) is 16.8. The first-order valence-electron chi connectivity index (χ1n) is 21.5. The van der Waals surface area contributed by atoms with E-state index < -0.39 is 0 Å². The molecule has 0 saturated heterocycles. The van der Waals surface area contributed by atoms with Gasteiger partial charge < -0.3 is 13.9 Å². The Morgan fingerprint density at radius 2 is 0.810 bits per heavy atom. The number of fused-ring (bicyclic) bond motifs is 6. The molecule has 0 aliphatic rings.